The highest BCUT2D eigenvalue weighted by Crippen LogP contribution is 2.24. The van der Waals surface area contributed by atoms with Gasteiger partial charge in [-0.25, -0.2) is 4.98 Å². The summed E-state index contributed by atoms with van der Waals surface area (Å²) in [7, 11) is 0. The number of aryl methyl sites for hydroxylation is 1. The summed E-state index contributed by atoms with van der Waals surface area (Å²) >= 11 is 0. The molecule has 0 saturated heterocycles. The topological polar surface area (TPSA) is 31.4 Å². The second kappa shape index (κ2) is 7.92. The molecule has 0 saturated carbocycles. The van der Waals surface area contributed by atoms with Crippen molar-refractivity contribution in [1.29, 1.82) is 0 Å². The van der Waals surface area contributed by atoms with Crippen molar-refractivity contribution in [3.05, 3.63) is 102 Å². The third-order valence-electron chi connectivity index (χ3n) is 4.32. The number of hydrogen-bond donors (Lipinski definition) is 0. The largest absolute Gasteiger partial charge is 0.489 e. The fourth-order valence-corrected chi connectivity index (χ4v) is 2.97. The first-order valence-corrected chi connectivity index (χ1v) is 9.02. The van der Waals surface area contributed by atoms with E-state index in [1.807, 2.05) is 67.6 Å². The van der Waals surface area contributed by atoms with E-state index >= 15 is 0 Å². The molecule has 27 heavy (non-hydrogen) atoms. The van der Waals surface area contributed by atoms with E-state index in [0.717, 1.165) is 39.2 Å². The lowest BCUT2D eigenvalue weighted by Crippen LogP contribution is -2.00. The molecule has 0 N–H and O–H groups in total. The van der Waals surface area contributed by atoms with Crippen LogP contribution in [0.4, 0.5) is 0 Å². The molecule has 0 amide bonds. The zero-order valence-corrected chi connectivity index (χ0v) is 15.3. The molecule has 0 aliphatic carbocycles. The highest BCUT2D eigenvalue weighted by atomic mass is 16.5. The smallest absolute Gasteiger partial charge is 0.130 e. The van der Waals surface area contributed by atoms with E-state index in [0.29, 0.717) is 13.2 Å². The Hall–Kier alpha value is -3.33. The predicted octanol–water partition coefficient (Wildman–Crippen LogP) is 5.70. The Morgan fingerprint density at radius 1 is 0.704 bits per heavy atom. The van der Waals surface area contributed by atoms with Crippen LogP contribution in [0.25, 0.3) is 10.9 Å². The maximum absolute atomic E-state index is 5.97. The number of fused-ring (bicyclic) bond motifs is 1. The summed E-state index contributed by atoms with van der Waals surface area (Å²) in [5, 5.41) is 1.13. The maximum Gasteiger partial charge on any atom is 0.130 e. The third-order valence-corrected chi connectivity index (χ3v) is 4.32. The number of para-hydroxylation sites is 1. The third kappa shape index (κ3) is 4.45. The zero-order chi connectivity index (χ0) is 18.5. The minimum Gasteiger partial charge on any atom is -0.489 e. The minimum atomic E-state index is 0.423. The molecule has 0 spiro atoms. The van der Waals surface area contributed by atoms with Gasteiger partial charge >= 0.3 is 0 Å². The van der Waals surface area contributed by atoms with Crippen LogP contribution in [0.15, 0.2) is 84.9 Å². The SMILES string of the molecule is Cc1cc(OCc2ccccc2)cc(OCc2ccc3ccccc3n2)c1. The lowest BCUT2D eigenvalue weighted by Gasteiger charge is -2.11. The number of hydrogen-bond acceptors (Lipinski definition) is 3. The monoisotopic (exact) mass is 355 g/mol. The van der Waals surface area contributed by atoms with Crippen molar-refractivity contribution in [2.75, 3.05) is 0 Å². The normalized spacial score (nSPS) is 10.7. The van der Waals surface area contributed by atoms with Gasteiger partial charge in [0, 0.05) is 11.5 Å². The fourth-order valence-electron chi connectivity index (χ4n) is 2.97. The quantitative estimate of drug-likeness (QED) is 0.444. The molecule has 3 nitrogen and oxygen atoms in total. The van der Waals surface area contributed by atoms with Gasteiger partial charge in [0.25, 0.3) is 0 Å². The number of ether oxygens (including phenoxy) is 2. The Bertz CT molecular complexity index is 1040. The number of aromatic nitrogens is 1. The standard InChI is InChI=1S/C24H21NO2/c1-18-13-22(26-16-19-7-3-2-4-8-19)15-23(14-18)27-17-21-12-11-20-9-5-6-10-24(20)25-21/h2-15H,16-17H2,1H3. The van der Waals surface area contributed by atoms with Crippen LogP contribution in [-0.2, 0) is 13.2 Å². The first-order chi connectivity index (χ1) is 13.3. The van der Waals surface area contributed by atoms with Crippen LogP contribution in [0.1, 0.15) is 16.8 Å². The molecule has 0 aliphatic heterocycles. The van der Waals surface area contributed by atoms with E-state index in [2.05, 4.69) is 29.2 Å². The van der Waals surface area contributed by atoms with Crippen LogP contribution >= 0.6 is 0 Å². The van der Waals surface area contributed by atoms with E-state index in [-0.39, 0.29) is 0 Å². The Balaban J connectivity index is 1.44. The molecular weight excluding hydrogens is 334 g/mol. The van der Waals surface area contributed by atoms with Gasteiger partial charge in [-0.1, -0.05) is 54.6 Å². The molecular formula is C24H21NO2. The van der Waals surface area contributed by atoms with Crippen LogP contribution in [0.2, 0.25) is 0 Å². The van der Waals surface area contributed by atoms with Crippen molar-refractivity contribution < 1.29 is 9.47 Å². The van der Waals surface area contributed by atoms with Crippen molar-refractivity contribution in [1.82, 2.24) is 4.98 Å². The van der Waals surface area contributed by atoms with Gasteiger partial charge in [-0.05, 0) is 42.3 Å². The zero-order valence-electron chi connectivity index (χ0n) is 15.3. The molecule has 3 heteroatoms. The van der Waals surface area contributed by atoms with Gasteiger partial charge in [0.2, 0.25) is 0 Å². The Labute approximate surface area is 159 Å². The van der Waals surface area contributed by atoms with Gasteiger partial charge in [0.05, 0.1) is 11.2 Å². The van der Waals surface area contributed by atoms with Crippen molar-refractivity contribution >= 4 is 10.9 Å². The molecule has 1 aromatic heterocycles. The van der Waals surface area contributed by atoms with Gasteiger partial charge in [0.1, 0.15) is 24.7 Å². The summed E-state index contributed by atoms with van der Waals surface area (Å²) in [5.74, 6) is 1.59. The summed E-state index contributed by atoms with van der Waals surface area (Å²) < 4.78 is 11.9. The lowest BCUT2D eigenvalue weighted by atomic mass is 10.2. The van der Waals surface area contributed by atoms with Gasteiger partial charge < -0.3 is 9.47 Å². The summed E-state index contributed by atoms with van der Waals surface area (Å²) in [6, 6.07) is 28.3. The molecule has 0 bridgehead atoms. The van der Waals surface area contributed by atoms with Crippen molar-refractivity contribution in [2.45, 2.75) is 20.1 Å². The molecule has 134 valence electrons. The molecule has 0 unspecified atom stereocenters. The Morgan fingerprint density at radius 3 is 2.22 bits per heavy atom. The summed E-state index contributed by atoms with van der Waals surface area (Å²) in [6.07, 6.45) is 0. The van der Waals surface area contributed by atoms with Crippen LogP contribution in [-0.4, -0.2) is 4.98 Å². The van der Waals surface area contributed by atoms with Crippen LogP contribution in [0.3, 0.4) is 0 Å². The molecule has 4 aromatic rings. The van der Waals surface area contributed by atoms with Crippen molar-refractivity contribution in [3.63, 3.8) is 0 Å². The maximum atomic E-state index is 5.97. The van der Waals surface area contributed by atoms with Gasteiger partial charge in [-0.15, -0.1) is 0 Å². The number of pyridine rings is 1. The summed E-state index contributed by atoms with van der Waals surface area (Å²) in [6.45, 7) is 3.00. The number of rotatable bonds is 6. The van der Waals surface area contributed by atoms with Crippen LogP contribution in [0.5, 0.6) is 11.5 Å². The van der Waals surface area contributed by atoms with Gasteiger partial charge in [0.15, 0.2) is 0 Å². The average Bonchev–Trinajstić information content (AvgIpc) is 2.71. The molecule has 3 aromatic carbocycles. The van der Waals surface area contributed by atoms with E-state index < -0.39 is 0 Å². The second-order valence-electron chi connectivity index (χ2n) is 6.54. The Morgan fingerprint density at radius 2 is 1.41 bits per heavy atom. The molecule has 0 radical (unpaired) electrons. The number of nitrogens with zero attached hydrogens (tertiary/aromatic N) is 1. The minimum absolute atomic E-state index is 0.423. The van der Waals surface area contributed by atoms with Gasteiger partial charge in [-0.3, -0.25) is 0 Å². The van der Waals surface area contributed by atoms with Crippen LogP contribution in [0, 0.1) is 6.92 Å². The highest BCUT2D eigenvalue weighted by molar-refractivity contribution is 5.78. The van der Waals surface area contributed by atoms with E-state index in [9.17, 15) is 0 Å². The number of benzene rings is 3. The molecule has 0 aliphatic rings. The Kier molecular flexibility index (Phi) is 5.01. The molecule has 0 fully saturated rings. The lowest BCUT2D eigenvalue weighted by molar-refractivity contribution is 0.287. The van der Waals surface area contributed by atoms with Crippen molar-refractivity contribution in [2.24, 2.45) is 0 Å². The molecule has 0 atom stereocenters. The molecule has 1 heterocycles. The van der Waals surface area contributed by atoms with E-state index in [1.54, 1.807) is 0 Å². The second-order valence-corrected chi connectivity index (χ2v) is 6.54. The van der Waals surface area contributed by atoms with Gasteiger partial charge in [-0.2, -0.15) is 0 Å². The molecule has 4 rings (SSSR count). The first-order valence-electron chi connectivity index (χ1n) is 9.02. The highest BCUT2D eigenvalue weighted by Gasteiger charge is 2.04. The van der Waals surface area contributed by atoms with E-state index in [1.165, 1.54) is 0 Å². The average molecular weight is 355 g/mol. The fraction of sp³-hybridized carbons (Fsp3) is 0.125. The first kappa shape index (κ1) is 17.1. The summed E-state index contributed by atoms with van der Waals surface area (Å²) in [4.78, 5) is 4.65. The predicted molar refractivity (Wildman–Crippen MR) is 108 cm³/mol. The summed E-state index contributed by atoms with van der Waals surface area (Å²) in [5.41, 5.74) is 4.13. The van der Waals surface area contributed by atoms with Crippen LogP contribution < -0.4 is 9.47 Å². The van der Waals surface area contributed by atoms with E-state index in [4.69, 9.17) is 9.47 Å². The van der Waals surface area contributed by atoms with Crippen molar-refractivity contribution in [3.8, 4) is 11.5 Å².